The van der Waals surface area contributed by atoms with Crippen molar-refractivity contribution in [2.45, 2.75) is 12.3 Å². The number of ketones is 1. The van der Waals surface area contributed by atoms with Gasteiger partial charge in [-0.15, -0.1) is 0 Å². The van der Waals surface area contributed by atoms with Gasteiger partial charge in [-0.1, -0.05) is 24.3 Å². The van der Waals surface area contributed by atoms with Gasteiger partial charge in [0.2, 0.25) is 5.78 Å². The molecule has 206 valence electrons. The maximum Gasteiger partial charge on any atom is 0.343 e. The largest absolute Gasteiger partial charge is 0.493 e. The zero-order valence-corrected chi connectivity index (χ0v) is 22.3. The summed E-state index contributed by atoms with van der Waals surface area (Å²) in [7, 11) is 5.76. The molecule has 0 saturated heterocycles. The molecule has 0 aromatic heterocycles. The normalized spacial score (nSPS) is 16.4. The molecule has 3 aromatic carbocycles. The Morgan fingerprint density at radius 2 is 1.62 bits per heavy atom. The van der Waals surface area contributed by atoms with Gasteiger partial charge in [-0.2, -0.15) is 0 Å². The summed E-state index contributed by atoms with van der Waals surface area (Å²) in [6.07, 6.45) is 1.52. The van der Waals surface area contributed by atoms with Crippen LogP contribution in [-0.2, 0) is 14.3 Å². The Kier molecular flexibility index (Phi) is 7.33. The highest BCUT2D eigenvalue weighted by Gasteiger charge is 2.40. The Hall–Kier alpha value is -4.99. The lowest BCUT2D eigenvalue weighted by atomic mass is 9.84. The van der Waals surface area contributed by atoms with Gasteiger partial charge >= 0.3 is 11.9 Å². The molecule has 0 amide bonds. The van der Waals surface area contributed by atoms with E-state index < -0.39 is 17.9 Å². The third-order valence-corrected chi connectivity index (χ3v) is 6.67. The molecule has 5 rings (SSSR count). The molecule has 2 heterocycles. The molecule has 40 heavy (non-hydrogen) atoms. The molecule has 0 radical (unpaired) electrons. The van der Waals surface area contributed by atoms with Crippen molar-refractivity contribution in [2.75, 3.05) is 35.0 Å². The topological polar surface area (TPSA) is 116 Å². The van der Waals surface area contributed by atoms with Gasteiger partial charge < -0.3 is 33.2 Å². The van der Waals surface area contributed by atoms with Crippen molar-refractivity contribution in [2.24, 2.45) is 0 Å². The smallest absolute Gasteiger partial charge is 0.343 e. The minimum absolute atomic E-state index is 0.0640. The summed E-state index contributed by atoms with van der Waals surface area (Å²) in [4.78, 5) is 38.0. The van der Waals surface area contributed by atoms with Gasteiger partial charge in [0.05, 0.1) is 40.4 Å². The van der Waals surface area contributed by atoms with Crippen LogP contribution >= 0.6 is 0 Å². The van der Waals surface area contributed by atoms with E-state index in [1.165, 1.54) is 28.4 Å². The number of fused-ring (bicyclic) bond motifs is 3. The van der Waals surface area contributed by atoms with Crippen LogP contribution in [0.3, 0.4) is 0 Å². The van der Waals surface area contributed by atoms with Crippen molar-refractivity contribution < 1.29 is 47.5 Å². The fourth-order valence-electron chi connectivity index (χ4n) is 4.85. The van der Waals surface area contributed by atoms with Crippen LogP contribution in [0, 0.1) is 0 Å². The number of hydrogen-bond donors (Lipinski definition) is 0. The molecular weight excluding hydrogens is 520 g/mol. The van der Waals surface area contributed by atoms with Crippen molar-refractivity contribution in [1.82, 2.24) is 0 Å². The van der Waals surface area contributed by atoms with Crippen LogP contribution in [0.15, 0.2) is 54.3 Å². The molecule has 0 bridgehead atoms. The second kappa shape index (κ2) is 11.0. The zero-order chi connectivity index (χ0) is 28.4. The predicted molar refractivity (Wildman–Crippen MR) is 142 cm³/mol. The first-order chi connectivity index (χ1) is 19.4. The quantitative estimate of drug-likeness (QED) is 0.230. The van der Waals surface area contributed by atoms with Crippen LogP contribution in [0.25, 0.3) is 6.08 Å². The van der Waals surface area contributed by atoms with Gasteiger partial charge in [0.25, 0.3) is 0 Å². The highest BCUT2D eigenvalue weighted by Crippen LogP contribution is 2.51. The molecule has 2 aliphatic rings. The number of hydrogen-bond acceptors (Lipinski definition) is 10. The van der Waals surface area contributed by atoms with Gasteiger partial charge in [0.1, 0.15) is 11.5 Å². The molecule has 10 heteroatoms. The van der Waals surface area contributed by atoms with Crippen LogP contribution in [0.5, 0.6) is 34.5 Å². The number of carbonyl (C=O) groups excluding carboxylic acids is 3. The molecule has 0 saturated carbocycles. The van der Waals surface area contributed by atoms with E-state index in [1.54, 1.807) is 54.6 Å². The van der Waals surface area contributed by atoms with E-state index >= 15 is 0 Å². The zero-order valence-electron chi connectivity index (χ0n) is 22.3. The molecule has 0 spiro atoms. The third-order valence-electron chi connectivity index (χ3n) is 6.67. The number of carbonyl (C=O) groups is 3. The molecular formula is C30H26O10. The van der Waals surface area contributed by atoms with E-state index in [-0.39, 0.29) is 41.8 Å². The molecule has 0 fully saturated rings. The Labute approximate surface area is 230 Å². The number of benzene rings is 3. The number of allylic oxidation sites excluding steroid dienone is 1. The number of para-hydroxylation sites is 2. The van der Waals surface area contributed by atoms with E-state index in [2.05, 4.69) is 0 Å². The molecule has 0 N–H and O–H groups in total. The number of Topliss-reactive ketones (excluding diaryl/α,β-unsaturated/α-hetero) is 1. The Morgan fingerprint density at radius 1 is 0.900 bits per heavy atom. The maximum atomic E-state index is 13.5. The Morgan fingerprint density at radius 3 is 2.33 bits per heavy atom. The van der Waals surface area contributed by atoms with E-state index in [4.69, 9.17) is 33.2 Å². The summed E-state index contributed by atoms with van der Waals surface area (Å²) in [6, 6.07) is 13.6. The van der Waals surface area contributed by atoms with Crippen molar-refractivity contribution in [1.29, 1.82) is 0 Å². The first kappa shape index (κ1) is 26.6. The summed E-state index contributed by atoms with van der Waals surface area (Å²) in [5, 5.41) is 0. The van der Waals surface area contributed by atoms with E-state index in [9.17, 15) is 14.4 Å². The SMILES string of the molecule is COC(=O)COc1c(OC)cccc1C1CC(=O)Oc2ccc3c(c21)O/C(=C\c1cccc(OC)c1OC)C3=O. The fourth-order valence-corrected chi connectivity index (χ4v) is 4.85. The fraction of sp³-hybridized carbons (Fsp3) is 0.233. The van der Waals surface area contributed by atoms with E-state index in [0.29, 0.717) is 39.5 Å². The van der Waals surface area contributed by atoms with Gasteiger partial charge in [0, 0.05) is 22.6 Å². The molecule has 3 aromatic rings. The predicted octanol–water partition coefficient (Wildman–Crippen LogP) is 4.32. The lowest BCUT2D eigenvalue weighted by Crippen LogP contribution is -2.22. The van der Waals surface area contributed by atoms with Crippen LogP contribution in [-0.4, -0.2) is 52.8 Å². The van der Waals surface area contributed by atoms with Gasteiger partial charge in [-0.05, 0) is 30.3 Å². The average molecular weight is 547 g/mol. The first-order valence-corrected chi connectivity index (χ1v) is 12.3. The Balaban J connectivity index is 1.61. The molecule has 0 aliphatic carbocycles. The van der Waals surface area contributed by atoms with Crippen LogP contribution in [0.1, 0.15) is 39.4 Å². The summed E-state index contributed by atoms with van der Waals surface area (Å²) in [5.74, 6) is 0.140. The number of methoxy groups -OCH3 is 4. The van der Waals surface area contributed by atoms with Crippen LogP contribution in [0.2, 0.25) is 0 Å². The molecule has 1 atom stereocenters. The number of rotatable bonds is 8. The third kappa shape index (κ3) is 4.68. The van der Waals surface area contributed by atoms with Gasteiger partial charge in [-0.25, -0.2) is 4.79 Å². The van der Waals surface area contributed by atoms with Crippen molar-refractivity contribution in [3.05, 3.63) is 76.5 Å². The van der Waals surface area contributed by atoms with Crippen LogP contribution < -0.4 is 28.4 Å². The summed E-state index contributed by atoms with van der Waals surface area (Å²) >= 11 is 0. The maximum absolute atomic E-state index is 13.5. The van der Waals surface area contributed by atoms with Crippen molar-refractivity contribution in [3.63, 3.8) is 0 Å². The highest BCUT2D eigenvalue weighted by molar-refractivity contribution is 6.15. The number of esters is 2. The summed E-state index contributed by atoms with van der Waals surface area (Å²) in [5.41, 5.74) is 1.95. The molecule has 2 aliphatic heterocycles. The van der Waals surface area contributed by atoms with E-state index in [1.807, 2.05) is 0 Å². The lowest BCUT2D eigenvalue weighted by Gasteiger charge is -2.28. The average Bonchev–Trinajstić information content (AvgIpc) is 3.29. The molecule has 1 unspecified atom stereocenters. The minimum Gasteiger partial charge on any atom is -0.493 e. The summed E-state index contributed by atoms with van der Waals surface area (Å²) in [6.45, 7) is -0.370. The van der Waals surface area contributed by atoms with Crippen molar-refractivity contribution in [3.8, 4) is 34.5 Å². The highest BCUT2D eigenvalue weighted by atomic mass is 16.6. The first-order valence-electron chi connectivity index (χ1n) is 12.3. The second-order valence-corrected chi connectivity index (χ2v) is 8.85. The second-order valence-electron chi connectivity index (χ2n) is 8.85. The van der Waals surface area contributed by atoms with Gasteiger partial charge in [-0.3, -0.25) is 9.59 Å². The van der Waals surface area contributed by atoms with Crippen molar-refractivity contribution >= 4 is 23.8 Å². The standard InChI is InChI=1S/C30H26O10/c1-34-21-9-5-7-16(28(21)37-4)13-23-27(33)18-11-12-20-26(30(18)40-23)19(14-24(31)39-20)17-8-6-10-22(35-2)29(17)38-15-25(32)36-3/h5-13,19H,14-15H2,1-4H3/b23-13-. The van der Waals surface area contributed by atoms with E-state index in [0.717, 1.165) is 0 Å². The van der Waals surface area contributed by atoms with Gasteiger partial charge in [0.15, 0.2) is 35.4 Å². The molecule has 10 nitrogen and oxygen atoms in total. The monoisotopic (exact) mass is 546 g/mol. The lowest BCUT2D eigenvalue weighted by molar-refractivity contribution is -0.143. The number of ether oxygens (including phenoxy) is 7. The van der Waals surface area contributed by atoms with Crippen LogP contribution in [0.4, 0.5) is 0 Å². The summed E-state index contributed by atoms with van der Waals surface area (Å²) < 4.78 is 38.6. The Bertz CT molecular complexity index is 1540. The minimum atomic E-state index is -0.632.